The molecular weight excluding hydrogens is 272 g/mol. The van der Waals surface area contributed by atoms with Gasteiger partial charge in [0.15, 0.2) is 0 Å². The lowest BCUT2D eigenvalue weighted by Gasteiger charge is -2.13. The number of benzene rings is 1. The van der Waals surface area contributed by atoms with Gasteiger partial charge in [-0.2, -0.15) is 13.2 Å². The summed E-state index contributed by atoms with van der Waals surface area (Å²) in [5, 5.41) is 2.79. The van der Waals surface area contributed by atoms with E-state index in [1.807, 2.05) is 0 Å². The number of halogens is 4. The molecule has 2 nitrogen and oxygen atoms in total. The van der Waals surface area contributed by atoms with Crippen molar-refractivity contribution >= 4 is 0 Å². The van der Waals surface area contributed by atoms with E-state index in [1.165, 1.54) is 12.1 Å². The van der Waals surface area contributed by atoms with E-state index >= 15 is 0 Å². The van der Waals surface area contributed by atoms with Crippen LogP contribution in [0.25, 0.3) is 11.1 Å². The smallest absolute Gasteiger partial charge is 0.316 e. The van der Waals surface area contributed by atoms with Crippen LogP contribution in [0.4, 0.5) is 17.6 Å². The van der Waals surface area contributed by atoms with Gasteiger partial charge in [0, 0.05) is 30.1 Å². The summed E-state index contributed by atoms with van der Waals surface area (Å²) in [6, 6.07) is 4.91. The molecule has 0 aliphatic heterocycles. The quantitative estimate of drug-likeness (QED) is 0.871. The van der Waals surface area contributed by atoms with Crippen molar-refractivity contribution < 1.29 is 17.6 Å². The van der Waals surface area contributed by atoms with E-state index in [1.54, 1.807) is 7.05 Å². The van der Waals surface area contributed by atoms with Crippen molar-refractivity contribution in [1.82, 2.24) is 10.3 Å². The van der Waals surface area contributed by atoms with Crippen molar-refractivity contribution in [1.29, 1.82) is 0 Å². The minimum absolute atomic E-state index is 0.130. The van der Waals surface area contributed by atoms with Crippen LogP contribution in [0.3, 0.4) is 0 Å². The number of rotatable bonds is 3. The summed E-state index contributed by atoms with van der Waals surface area (Å²) < 4.78 is 52.5. The van der Waals surface area contributed by atoms with Crippen LogP contribution in [-0.2, 0) is 12.7 Å². The molecule has 1 N–H and O–H groups in total. The Morgan fingerprint density at radius 3 is 2.55 bits per heavy atom. The number of aromatic nitrogens is 1. The second-order valence-electron chi connectivity index (χ2n) is 4.26. The Balaban J connectivity index is 2.50. The first kappa shape index (κ1) is 14.5. The van der Waals surface area contributed by atoms with Crippen LogP contribution >= 0.6 is 0 Å². The third-order valence-corrected chi connectivity index (χ3v) is 2.86. The van der Waals surface area contributed by atoms with Crippen LogP contribution in [0.1, 0.15) is 11.1 Å². The van der Waals surface area contributed by atoms with Crippen LogP contribution in [0, 0.1) is 5.82 Å². The lowest BCUT2D eigenvalue weighted by atomic mass is 10.00. The summed E-state index contributed by atoms with van der Waals surface area (Å²) in [6.45, 7) is 0.311. The van der Waals surface area contributed by atoms with Gasteiger partial charge in [-0.15, -0.1) is 0 Å². The van der Waals surface area contributed by atoms with E-state index in [0.29, 0.717) is 12.1 Å². The summed E-state index contributed by atoms with van der Waals surface area (Å²) in [5.41, 5.74) is -0.403. The Morgan fingerprint density at radius 2 is 1.95 bits per heavy atom. The van der Waals surface area contributed by atoms with Crippen LogP contribution in [0.5, 0.6) is 0 Å². The summed E-state index contributed by atoms with van der Waals surface area (Å²) in [4.78, 5) is 3.69. The molecule has 0 aliphatic carbocycles. The first-order chi connectivity index (χ1) is 9.43. The lowest BCUT2D eigenvalue weighted by Crippen LogP contribution is -2.09. The van der Waals surface area contributed by atoms with E-state index in [9.17, 15) is 17.6 Å². The average Bonchev–Trinajstić information content (AvgIpc) is 2.40. The molecule has 2 rings (SSSR count). The zero-order valence-electron chi connectivity index (χ0n) is 10.6. The second-order valence-corrected chi connectivity index (χ2v) is 4.26. The van der Waals surface area contributed by atoms with Crippen LogP contribution in [-0.4, -0.2) is 12.0 Å². The van der Waals surface area contributed by atoms with E-state index < -0.39 is 17.6 Å². The van der Waals surface area contributed by atoms with E-state index in [-0.39, 0.29) is 11.1 Å². The van der Waals surface area contributed by atoms with E-state index in [0.717, 1.165) is 24.5 Å². The van der Waals surface area contributed by atoms with Crippen LogP contribution < -0.4 is 5.32 Å². The minimum Gasteiger partial charge on any atom is -0.316 e. The number of hydrogen-bond acceptors (Lipinski definition) is 2. The van der Waals surface area contributed by atoms with E-state index in [4.69, 9.17) is 0 Å². The van der Waals surface area contributed by atoms with Gasteiger partial charge < -0.3 is 5.32 Å². The number of nitrogens with one attached hydrogen (secondary N) is 1. The molecule has 0 atom stereocenters. The maximum atomic E-state index is 13.8. The zero-order valence-corrected chi connectivity index (χ0v) is 10.6. The summed E-state index contributed by atoms with van der Waals surface area (Å²) in [6.07, 6.45) is -2.34. The summed E-state index contributed by atoms with van der Waals surface area (Å²) in [7, 11) is 1.66. The molecule has 20 heavy (non-hydrogen) atoms. The van der Waals surface area contributed by atoms with Gasteiger partial charge in [0.2, 0.25) is 0 Å². The lowest BCUT2D eigenvalue weighted by molar-refractivity contribution is -0.137. The topological polar surface area (TPSA) is 24.9 Å². The van der Waals surface area contributed by atoms with Gasteiger partial charge in [0.05, 0.1) is 5.56 Å². The Hall–Kier alpha value is -1.95. The van der Waals surface area contributed by atoms with Crippen molar-refractivity contribution in [3.63, 3.8) is 0 Å². The Morgan fingerprint density at radius 1 is 1.20 bits per heavy atom. The first-order valence-electron chi connectivity index (χ1n) is 5.88. The van der Waals surface area contributed by atoms with Crippen LogP contribution in [0.2, 0.25) is 0 Å². The SMILES string of the molecule is CNCc1ccc(-c2cnccc2C(F)(F)F)cc1F. The molecule has 6 heteroatoms. The fraction of sp³-hybridized carbons (Fsp3) is 0.214. The van der Waals surface area contributed by atoms with Crippen LogP contribution in [0.15, 0.2) is 36.7 Å². The third-order valence-electron chi connectivity index (χ3n) is 2.86. The minimum atomic E-state index is -4.50. The highest BCUT2D eigenvalue weighted by atomic mass is 19.4. The highest BCUT2D eigenvalue weighted by Gasteiger charge is 2.33. The Kier molecular flexibility index (Phi) is 4.04. The van der Waals surface area contributed by atoms with Gasteiger partial charge in [-0.25, -0.2) is 4.39 Å². The monoisotopic (exact) mass is 284 g/mol. The van der Waals surface area contributed by atoms with E-state index in [2.05, 4.69) is 10.3 Å². The fourth-order valence-electron chi connectivity index (χ4n) is 1.92. The number of nitrogens with zero attached hydrogens (tertiary/aromatic N) is 1. The highest BCUT2D eigenvalue weighted by molar-refractivity contribution is 5.67. The molecule has 106 valence electrons. The molecule has 0 fully saturated rings. The molecule has 0 amide bonds. The molecule has 0 saturated heterocycles. The maximum Gasteiger partial charge on any atom is 0.417 e. The predicted octanol–water partition coefficient (Wildman–Crippen LogP) is 3.63. The molecule has 1 heterocycles. The molecule has 1 aromatic heterocycles. The maximum absolute atomic E-state index is 13.8. The van der Waals surface area contributed by atoms with Crippen molar-refractivity contribution in [2.75, 3.05) is 7.05 Å². The van der Waals surface area contributed by atoms with Gasteiger partial charge in [-0.05, 0) is 24.7 Å². The van der Waals surface area contributed by atoms with Gasteiger partial charge in [0.25, 0.3) is 0 Å². The molecule has 0 unspecified atom stereocenters. The highest BCUT2D eigenvalue weighted by Crippen LogP contribution is 2.36. The normalized spacial score (nSPS) is 11.7. The molecule has 0 bridgehead atoms. The molecular formula is C14H12F4N2. The molecule has 0 saturated carbocycles. The van der Waals surface area contributed by atoms with Gasteiger partial charge in [-0.3, -0.25) is 4.98 Å². The van der Waals surface area contributed by atoms with Crippen molar-refractivity contribution in [2.45, 2.75) is 12.7 Å². The van der Waals surface area contributed by atoms with Crippen molar-refractivity contribution in [3.8, 4) is 11.1 Å². The number of hydrogen-bond donors (Lipinski definition) is 1. The van der Waals surface area contributed by atoms with Crippen molar-refractivity contribution in [3.05, 3.63) is 53.6 Å². The summed E-state index contributed by atoms with van der Waals surface area (Å²) >= 11 is 0. The third kappa shape index (κ3) is 2.96. The van der Waals surface area contributed by atoms with Gasteiger partial charge in [0.1, 0.15) is 5.82 Å². The zero-order chi connectivity index (χ0) is 14.8. The molecule has 2 aromatic rings. The number of pyridine rings is 1. The first-order valence-corrected chi connectivity index (χ1v) is 5.88. The standard InChI is InChI=1S/C14H12F4N2/c1-19-7-10-3-2-9(6-13(10)15)11-8-20-5-4-12(11)14(16,17)18/h2-6,8,19H,7H2,1H3. The molecule has 0 radical (unpaired) electrons. The Bertz CT molecular complexity index is 608. The average molecular weight is 284 g/mol. The van der Waals surface area contributed by atoms with Gasteiger partial charge >= 0.3 is 6.18 Å². The van der Waals surface area contributed by atoms with Crippen molar-refractivity contribution in [2.24, 2.45) is 0 Å². The molecule has 1 aromatic carbocycles. The Labute approximate surface area is 113 Å². The molecule has 0 aliphatic rings. The number of alkyl halides is 3. The molecule has 0 spiro atoms. The summed E-state index contributed by atoms with van der Waals surface area (Å²) in [5.74, 6) is -0.547. The predicted molar refractivity (Wildman–Crippen MR) is 67.4 cm³/mol. The second kappa shape index (κ2) is 5.58. The van der Waals surface area contributed by atoms with Gasteiger partial charge in [-0.1, -0.05) is 12.1 Å². The largest absolute Gasteiger partial charge is 0.417 e. The fourth-order valence-corrected chi connectivity index (χ4v) is 1.92.